The van der Waals surface area contributed by atoms with Gasteiger partial charge in [0, 0.05) is 30.6 Å². The normalized spacial score (nSPS) is 22.3. The number of benzene rings is 1. The van der Waals surface area contributed by atoms with E-state index in [1.807, 2.05) is 25.1 Å². The van der Waals surface area contributed by atoms with E-state index in [1.54, 1.807) is 4.90 Å². The molecule has 4 heterocycles. The van der Waals surface area contributed by atoms with E-state index in [2.05, 4.69) is 24.0 Å². The van der Waals surface area contributed by atoms with Gasteiger partial charge >= 0.3 is 5.97 Å². The predicted octanol–water partition coefficient (Wildman–Crippen LogP) is 4.70. The molecule has 3 aliphatic rings. The largest absolute Gasteiger partial charge is 0.466 e. The number of ether oxygens (including phenoxy) is 2. The van der Waals surface area contributed by atoms with Gasteiger partial charge in [0.1, 0.15) is 10.1 Å². The lowest BCUT2D eigenvalue weighted by Gasteiger charge is -2.33. The minimum Gasteiger partial charge on any atom is -0.466 e. The molecule has 1 unspecified atom stereocenters. The number of pyridine rings is 1. The summed E-state index contributed by atoms with van der Waals surface area (Å²) in [5.74, 6) is 0.566. The van der Waals surface area contributed by atoms with Gasteiger partial charge in [0.25, 0.3) is 5.91 Å². The number of aromatic nitrogens is 1. The monoisotopic (exact) mass is 525 g/mol. The van der Waals surface area contributed by atoms with Crippen molar-refractivity contribution in [3.05, 3.63) is 40.3 Å². The standard InChI is InChI=1S/C27H31N3O4S2/c1-3-33-26(32)18-9-11-29(12-10-18)24-20(14-19-7-4-6-17(2)23(19)28-24)15-22-25(31)30(27(35)36-22)16-21-8-5-13-34-21/h4,6-7,14-15,18,21H,3,5,8-13,16H2,1-2H3/b22-15-. The molecule has 3 fully saturated rings. The number of fused-ring (bicyclic) bond motifs is 1. The Hall–Kier alpha value is -2.49. The molecule has 5 rings (SSSR count). The number of thioether (sulfide) groups is 1. The topological polar surface area (TPSA) is 72.0 Å². The molecule has 0 bridgehead atoms. The Kier molecular flexibility index (Phi) is 7.60. The lowest BCUT2D eigenvalue weighted by atomic mass is 9.96. The maximum atomic E-state index is 13.3. The van der Waals surface area contributed by atoms with Gasteiger partial charge in [0.05, 0.1) is 35.6 Å². The number of amides is 1. The van der Waals surface area contributed by atoms with Crippen LogP contribution in [0.5, 0.6) is 0 Å². The number of esters is 1. The minimum atomic E-state index is -0.116. The molecule has 36 heavy (non-hydrogen) atoms. The maximum Gasteiger partial charge on any atom is 0.309 e. The Morgan fingerprint density at radius 2 is 2.11 bits per heavy atom. The van der Waals surface area contributed by atoms with Crippen molar-refractivity contribution in [2.45, 2.75) is 45.6 Å². The summed E-state index contributed by atoms with van der Waals surface area (Å²) in [6.07, 6.45) is 5.39. The highest BCUT2D eigenvalue weighted by molar-refractivity contribution is 8.26. The second kappa shape index (κ2) is 10.9. The van der Waals surface area contributed by atoms with Gasteiger partial charge in [0.15, 0.2) is 0 Å². The first kappa shape index (κ1) is 25.2. The molecular weight excluding hydrogens is 494 g/mol. The van der Waals surface area contributed by atoms with Gasteiger partial charge in [-0.25, -0.2) is 4.98 Å². The quantitative estimate of drug-likeness (QED) is 0.305. The fourth-order valence-corrected chi connectivity index (χ4v) is 6.36. The molecule has 0 saturated carbocycles. The van der Waals surface area contributed by atoms with Gasteiger partial charge in [-0.1, -0.05) is 42.2 Å². The Morgan fingerprint density at radius 3 is 2.83 bits per heavy atom. The molecule has 1 aromatic carbocycles. The van der Waals surface area contributed by atoms with E-state index in [4.69, 9.17) is 26.7 Å². The van der Waals surface area contributed by atoms with Crippen molar-refractivity contribution in [1.29, 1.82) is 0 Å². The van der Waals surface area contributed by atoms with Crippen molar-refractivity contribution >= 4 is 63.0 Å². The first-order chi connectivity index (χ1) is 17.4. The minimum absolute atomic E-state index is 0.0495. The van der Waals surface area contributed by atoms with Crippen molar-refractivity contribution in [3.8, 4) is 0 Å². The summed E-state index contributed by atoms with van der Waals surface area (Å²) in [4.78, 5) is 35.1. The lowest BCUT2D eigenvalue weighted by molar-refractivity contribution is -0.148. The van der Waals surface area contributed by atoms with Gasteiger partial charge < -0.3 is 14.4 Å². The summed E-state index contributed by atoms with van der Waals surface area (Å²) in [6, 6.07) is 8.23. The van der Waals surface area contributed by atoms with E-state index in [-0.39, 0.29) is 23.9 Å². The number of carbonyl (C=O) groups is 2. The Balaban J connectivity index is 1.45. The van der Waals surface area contributed by atoms with Crippen molar-refractivity contribution in [3.63, 3.8) is 0 Å². The second-order valence-corrected chi connectivity index (χ2v) is 11.2. The number of hydrogen-bond acceptors (Lipinski definition) is 8. The molecule has 190 valence electrons. The zero-order chi connectivity index (χ0) is 25.2. The lowest BCUT2D eigenvalue weighted by Crippen LogP contribution is -2.37. The van der Waals surface area contributed by atoms with Crippen molar-refractivity contribution in [2.24, 2.45) is 5.92 Å². The van der Waals surface area contributed by atoms with Gasteiger partial charge in [-0.15, -0.1) is 0 Å². The van der Waals surface area contributed by atoms with Crippen molar-refractivity contribution in [2.75, 3.05) is 37.7 Å². The van der Waals surface area contributed by atoms with Gasteiger partial charge in [0.2, 0.25) is 0 Å². The zero-order valence-corrected chi connectivity index (χ0v) is 22.3. The third kappa shape index (κ3) is 5.14. The summed E-state index contributed by atoms with van der Waals surface area (Å²) in [6.45, 7) is 6.95. The highest BCUT2D eigenvalue weighted by atomic mass is 32.2. The van der Waals surface area contributed by atoms with Crippen LogP contribution >= 0.6 is 24.0 Å². The molecule has 3 aliphatic heterocycles. The molecule has 0 aliphatic carbocycles. The van der Waals surface area contributed by atoms with Crippen LogP contribution in [0.4, 0.5) is 5.82 Å². The summed E-state index contributed by atoms with van der Waals surface area (Å²) in [5.41, 5.74) is 2.94. The highest BCUT2D eigenvalue weighted by Gasteiger charge is 2.35. The smallest absolute Gasteiger partial charge is 0.309 e. The fraction of sp³-hybridized carbons (Fsp3) is 0.481. The zero-order valence-electron chi connectivity index (χ0n) is 20.7. The fourth-order valence-electron chi connectivity index (χ4n) is 5.09. The van der Waals surface area contributed by atoms with Crippen LogP contribution in [-0.2, 0) is 19.1 Å². The van der Waals surface area contributed by atoms with Gasteiger partial charge in [-0.05, 0) is 57.2 Å². The Bertz CT molecular complexity index is 1220. The molecule has 7 nitrogen and oxygen atoms in total. The van der Waals surface area contributed by atoms with E-state index >= 15 is 0 Å². The average Bonchev–Trinajstić information content (AvgIpc) is 3.48. The third-order valence-electron chi connectivity index (χ3n) is 7.04. The number of para-hydroxylation sites is 1. The van der Waals surface area contributed by atoms with E-state index < -0.39 is 0 Å². The van der Waals surface area contributed by atoms with Crippen LogP contribution in [0.15, 0.2) is 29.2 Å². The number of carbonyl (C=O) groups excluding carboxylic acids is 2. The van der Waals surface area contributed by atoms with E-state index in [9.17, 15) is 9.59 Å². The number of thiocarbonyl (C=S) groups is 1. The summed E-state index contributed by atoms with van der Waals surface area (Å²) in [7, 11) is 0. The summed E-state index contributed by atoms with van der Waals surface area (Å²) >= 11 is 6.90. The SMILES string of the molecule is CCOC(=O)C1CCN(c2nc3c(C)cccc3cc2/C=C2\SC(=S)N(CC3CCCO3)C2=O)CC1. The number of hydrogen-bond donors (Lipinski definition) is 0. The number of rotatable bonds is 6. The average molecular weight is 526 g/mol. The van der Waals surface area contributed by atoms with E-state index in [0.717, 1.165) is 60.1 Å². The Morgan fingerprint density at radius 1 is 1.31 bits per heavy atom. The molecule has 1 atom stereocenters. The Labute approximate surface area is 221 Å². The predicted molar refractivity (Wildman–Crippen MR) is 147 cm³/mol. The molecule has 1 aromatic heterocycles. The first-order valence-corrected chi connectivity index (χ1v) is 13.9. The second-order valence-electron chi connectivity index (χ2n) is 9.49. The van der Waals surface area contributed by atoms with Crippen LogP contribution in [0.3, 0.4) is 0 Å². The molecular formula is C27H31N3O4S2. The summed E-state index contributed by atoms with van der Waals surface area (Å²) < 4.78 is 11.5. The third-order valence-corrected chi connectivity index (χ3v) is 8.42. The summed E-state index contributed by atoms with van der Waals surface area (Å²) in [5, 5.41) is 1.03. The molecule has 0 N–H and O–H groups in total. The van der Waals surface area contributed by atoms with Crippen molar-refractivity contribution < 1.29 is 19.1 Å². The van der Waals surface area contributed by atoms with Crippen LogP contribution in [0.25, 0.3) is 17.0 Å². The molecule has 3 saturated heterocycles. The van der Waals surface area contributed by atoms with Crippen LogP contribution < -0.4 is 4.90 Å². The van der Waals surface area contributed by atoms with Crippen LogP contribution in [0.2, 0.25) is 0 Å². The van der Waals surface area contributed by atoms with Crippen LogP contribution in [-0.4, -0.2) is 65.0 Å². The number of anilines is 1. The van der Waals surface area contributed by atoms with Gasteiger partial charge in [-0.3, -0.25) is 14.5 Å². The molecule has 1 amide bonds. The molecule has 2 aromatic rings. The van der Waals surface area contributed by atoms with Crippen LogP contribution in [0.1, 0.15) is 43.7 Å². The van der Waals surface area contributed by atoms with E-state index in [0.29, 0.717) is 35.5 Å². The molecule has 0 spiro atoms. The highest BCUT2D eigenvalue weighted by Crippen LogP contribution is 2.37. The van der Waals surface area contributed by atoms with Crippen molar-refractivity contribution in [1.82, 2.24) is 9.88 Å². The maximum absolute atomic E-state index is 13.3. The number of aryl methyl sites for hydroxylation is 1. The first-order valence-electron chi connectivity index (χ1n) is 12.6. The number of nitrogens with zero attached hydrogens (tertiary/aromatic N) is 3. The van der Waals surface area contributed by atoms with Gasteiger partial charge in [-0.2, -0.15) is 0 Å². The molecule has 9 heteroatoms. The number of piperidine rings is 1. The van der Waals surface area contributed by atoms with Crippen LogP contribution in [0, 0.1) is 12.8 Å². The molecule has 0 radical (unpaired) electrons. The van der Waals surface area contributed by atoms with E-state index in [1.165, 1.54) is 11.8 Å².